The highest BCUT2D eigenvalue weighted by Crippen LogP contribution is 2.21. The van der Waals surface area contributed by atoms with E-state index >= 15 is 0 Å². The van der Waals surface area contributed by atoms with E-state index in [2.05, 4.69) is 4.98 Å². The highest BCUT2D eigenvalue weighted by atomic mass is 32.1. The van der Waals surface area contributed by atoms with Crippen LogP contribution in [0.15, 0.2) is 53.3 Å². The van der Waals surface area contributed by atoms with Crippen molar-refractivity contribution >= 4 is 28.8 Å². The van der Waals surface area contributed by atoms with Crippen LogP contribution in [0.2, 0.25) is 0 Å². The predicted octanol–water partition coefficient (Wildman–Crippen LogP) is 2.96. The van der Waals surface area contributed by atoms with Crippen molar-refractivity contribution in [2.75, 3.05) is 0 Å². The van der Waals surface area contributed by atoms with Crippen LogP contribution >= 0.6 is 12.2 Å². The van der Waals surface area contributed by atoms with Gasteiger partial charge in [-0.15, -0.1) is 0 Å². The lowest BCUT2D eigenvalue weighted by Crippen LogP contribution is -2.21. The molecule has 0 aliphatic heterocycles. The molecule has 6 nitrogen and oxygen atoms in total. The maximum absolute atomic E-state index is 12.6. The van der Waals surface area contributed by atoms with E-state index in [1.165, 1.54) is 12.1 Å². The van der Waals surface area contributed by atoms with Gasteiger partial charge in [-0.1, -0.05) is 24.3 Å². The van der Waals surface area contributed by atoms with E-state index in [1.54, 1.807) is 36.4 Å². The smallest absolute Gasteiger partial charge is 0.293 e. The number of rotatable bonds is 2. The first-order chi connectivity index (χ1) is 10.1. The number of aromatic amines is 1. The van der Waals surface area contributed by atoms with Gasteiger partial charge in [-0.05, 0) is 30.4 Å². The van der Waals surface area contributed by atoms with Crippen LogP contribution in [0.1, 0.15) is 0 Å². The third kappa shape index (κ3) is 2.13. The standard InChI is InChI=1S/C14H9N3O3S/c18-13-9-5-1-2-6-10(9)15-14(21)16(13)11-7-3-4-8-12(11)17(19)20/h1-8H,(H,15,21). The zero-order valence-electron chi connectivity index (χ0n) is 10.6. The molecule has 0 bridgehead atoms. The molecule has 1 aromatic heterocycles. The van der Waals surface area contributed by atoms with Crippen molar-refractivity contribution in [1.82, 2.24) is 9.55 Å². The van der Waals surface area contributed by atoms with E-state index < -0.39 is 4.92 Å². The fraction of sp³-hybridized carbons (Fsp3) is 0. The lowest BCUT2D eigenvalue weighted by atomic mass is 10.2. The summed E-state index contributed by atoms with van der Waals surface area (Å²) in [5, 5.41) is 11.5. The second kappa shape index (κ2) is 4.95. The van der Waals surface area contributed by atoms with Gasteiger partial charge in [-0.3, -0.25) is 14.9 Å². The quantitative estimate of drug-likeness (QED) is 0.448. The summed E-state index contributed by atoms with van der Waals surface area (Å²) in [6.07, 6.45) is 0. The number of nitro groups is 1. The Morgan fingerprint density at radius 3 is 2.52 bits per heavy atom. The fourth-order valence-electron chi connectivity index (χ4n) is 2.19. The summed E-state index contributed by atoms with van der Waals surface area (Å²) < 4.78 is 1.27. The third-order valence-corrected chi connectivity index (χ3v) is 3.41. The number of fused-ring (bicyclic) bond motifs is 1. The second-order valence-electron chi connectivity index (χ2n) is 4.36. The van der Waals surface area contributed by atoms with Crippen molar-refractivity contribution in [3.8, 4) is 5.69 Å². The number of nitrogens with one attached hydrogen (secondary N) is 1. The number of aromatic nitrogens is 2. The number of hydrogen-bond acceptors (Lipinski definition) is 4. The Morgan fingerprint density at radius 2 is 1.76 bits per heavy atom. The molecule has 2 aromatic carbocycles. The van der Waals surface area contributed by atoms with Gasteiger partial charge in [-0.25, -0.2) is 4.57 Å². The minimum Gasteiger partial charge on any atom is -0.331 e. The molecule has 0 spiro atoms. The van der Waals surface area contributed by atoms with Gasteiger partial charge in [0.15, 0.2) is 4.77 Å². The average Bonchev–Trinajstić information content (AvgIpc) is 2.47. The van der Waals surface area contributed by atoms with Crippen molar-refractivity contribution < 1.29 is 4.92 Å². The largest absolute Gasteiger partial charge is 0.331 e. The van der Waals surface area contributed by atoms with Gasteiger partial charge >= 0.3 is 0 Å². The summed E-state index contributed by atoms with van der Waals surface area (Å²) in [6.45, 7) is 0. The summed E-state index contributed by atoms with van der Waals surface area (Å²) >= 11 is 5.18. The highest BCUT2D eigenvalue weighted by molar-refractivity contribution is 7.71. The van der Waals surface area contributed by atoms with Crippen LogP contribution in [-0.2, 0) is 0 Å². The van der Waals surface area contributed by atoms with Crippen LogP contribution in [0.25, 0.3) is 16.6 Å². The summed E-state index contributed by atoms with van der Waals surface area (Å²) in [7, 11) is 0. The van der Waals surface area contributed by atoms with Crippen LogP contribution in [0.3, 0.4) is 0 Å². The van der Waals surface area contributed by atoms with Gasteiger partial charge < -0.3 is 4.98 Å². The van der Waals surface area contributed by atoms with Gasteiger partial charge in [0.1, 0.15) is 5.69 Å². The molecule has 0 unspecified atom stereocenters. The van der Waals surface area contributed by atoms with Crippen molar-refractivity contribution in [2.45, 2.75) is 0 Å². The molecule has 0 atom stereocenters. The van der Waals surface area contributed by atoms with E-state index in [1.807, 2.05) is 0 Å². The molecule has 0 saturated heterocycles. The Hall–Kier alpha value is -2.80. The summed E-state index contributed by atoms with van der Waals surface area (Å²) in [4.78, 5) is 26.1. The SMILES string of the molecule is O=c1c2ccccc2[nH]c(=S)n1-c1ccccc1[N+](=O)[O-]. The molecular weight excluding hydrogens is 290 g/mol. The van der Waals surface area contributed by atoms with Crippen LogP contribution in [0.5, 0.6) is 0 Å². The van der Waals surface area contributed by atoms with E-state index in [0.717, 1.165) is 4.57 Å². The summed E-state index contributed by atoms with van der Waals surface area (Å²) in [5.74, 6) is 0. The molecule has 1 heterocycles. The summed E-state index contributed by atoms with van der Waals surface area (Å²) in [5.41, 5.74) is 0.194. The van der Waals surface area contributed by atoms with Gasteiger partial charge in [0.2, 0.25) is 0 Å². The molecule has 3 aromatic rings. The lowest BCUT2D eigenvalue weighted by molar-refractivity contribution is -0.384. The Kier molecular flexibility index (Phi) is 3.11. The molecule has 3 rings (SSSR count). The van der Waals surface area contributed by atoms with Crippen molar-refractivity contribution in [1.29, 1.82) is 0 Å². The minimum absolute atomic E-state index is 0.119. The lowest BCUT2D eigenvalue weighted by Gasteiger charge is -2.08. The van der Waals surface area contributed by atoms with Crippen LogP contribution < -0.4 is 5.56 Å². The monoisotopic (exact) mass is 299 g/mol. The molecule has 0 aliphatic carbocycles. The average molecular weight is 299 g/mol. The zero-order chi connectivity index (χ0) is 15.0. The zero-order valence-corrected chi connectivity index (χ0v) is 11.5. The Labute approximate surface area is 123 Å². The number of nitrogens with zero attached hydrogens (tertiary/aromatic N) is 2. The summed E-state index contributed by atoms with van der Waals surface area (Å²) in [6, 6.07) is 12.9. The van der Waals surface area contributed by atoms with Gasteiger partial charge in [0.05, 0.1) is 15.8 Å². The Balaban J connectivity index is 2.45. The maximum atomic E-state index is 12.6. The first kappa shape index (κ1) is 13.2. The normalized spacial score (nSPS) is 10.7. The molecular formula is C14H9N3O3S. The third-order valence-electron chi connectivity index (χ3n) is 3.12. The number of H-pyrrole nitrogens is 1. The second-order valence-corrected chi connectivity index (χ2v) is 4.75. The van der Waals surface area contributed by atoms with Crippen LogP contribution in [0, 0.1) is 14.9 Å². The molecule has 0 saturated carbocycles. The van der Waals surface area contributed by atoms with Crippen molar-refractivity contribution in [2.24, 2.45) is 0 Å². The predicted molar refractivity (Wildman–Crippen MR) is 81.4 cm³/mol. The molecule has 1 N–H and O–H groups in total. The van der Waals surface area contributed by atoms with Gasteiger partial charge in [-0.2, -0.15) is 0 Å². The molecule has 0 radical (unpaired) electrons. The molecule has 0 fully saturated rings. The molecule has 7 heteroatoms. The van der Waals surface area contributed by atoms with Crippen molar-refractivity contribution in [3.05, 3.63) is 73.8 Å². The van der Waals surface area contributed by atoms with Crippen LogP contribution in [-0.4, -0.2) is 14.5 Å². The number of para-hydroxylation sites is 3. The van der Waals surface area contributed by atoms with Crippen LogP contribution in [0.4, 0.5) is 5.69 Å². The van der Waals surface area contributed by atoms with Gasteiger partial charge in [0.25, 0.3) is 11.2 Å². The van der Waals surface area contributed by atoms with Gasteiger partial charge in [0, 0.05) is 6.07 Å². The number of nitro benzene ring substituents is 1. The van der Waals surface area contributed by atoms with E-state index in [4.69, 9.17) is 12.2 Å². The molecule has 0 amide bonds. The minimum atomic E-state index is -0.536. The topological polar surface area (TPSA) is 80.9 Å². The van der Waals surface area contributed by atoms with E-state index in [-0.39, 0.29) is 21.7 Å². The molecule has 21 heavy (non-hydrogen) atoms. The van der Waals surface area contributed by atoms with E-state index in [9.17, 15) is 14.9 Å². The highest BCUT2D eigenvalue weighted by Gasteiger charge is 2.17. The number of hydrogen-bond donors (Lipinski definition) is 1. The Bertz CT molecular complexity index is 975. The van der Waals surface area contributed by atoms with Crippen molar-refractivity contribution in [3.63, 3.8) is 0 Å². The maximum Gasteiger partial charge on any atom is 0.293 e. The number of benzene rings is 2. The molecule has 104 valence electrons. The first-order valence-electron chi connectivity index (χ1n) is 6.07. The van der Waals surface area contributed by atoms with E-state index in [0.29, 0.717) is 10.9 Å². The first-order valence-corrected chi connectivity index (χ1v) is 6.48. The fourth-order valence-corrected chi connectivity index (χ4v) is 2.48. The molecule has 0 aliphatic rings. The Morgan fingerprint density at radius 1 is 1.10 bits per heavy atom.